The Balaban J connectivity index is 1.91. The lowest BCUT2D eigenvalue weighted by molar-refractivity contribution is 0.0731. The molecule has 5 nitrogen and oxygen atoms in total. The second-order valence-electron chi connectivity index (χ2n) is 5.92. The third-order valence-corrected chi connectivity index (χ3v) is 6.00. The molecule has 1 amide bonds. The number of carbonyl (C=O) groups is 1. The fourth-order valence-corrected chi connectivity index (χ4v) is 3.69. The van der Waals surface area contributed by atoms with Gasteiger partial charge in [0.15, 0.2) is 11.5 Å². The highest BCUT2D eigenvalue weighted by Crippen LogP contribution is 2.35. The van der Waals surface area contributed by atoms with Gasteiger partial charge in [0, 0.05) is 16.7 Å². The topological polar surface area (TPSA) is 48.0 Å². The Morgan fingerprint density at radius 1 is 1.00 bits per heavy atom. The van der Waals surface area contributed by atoms with Crippen molar-refractivity contribution >= 4 is 40.1 Å². The zero-order valence-electron chi connectivity index (χ0n) is 14.8. The highest BCUT2D eigenvalue weighted by Gasteiger charge is 2.26. The van der Waals surface area contributed by atoms with Gasteiger partial charge in [0.25, 0.3) is 5.91 Å². The van der Waals surface area contributed by atoms with Crippen LogP contribution in [0.4, 0.5) is 0 Å². The van der Waals surface area contributed by atoms with Gasteiger partial charge in [-0.15, -0.1) is 0 Å². The van der Waals surface area contributed by atoms with Crippen molar-refractivity contribution in [1.82, 2.24) is 4.90 Å². The van der Waals surface area contributed by atoms with Gasteiger partial charge in [-0.2, -0.15) is 0 Å². The van der Waals surface area contributed by atoms with Gasteiger partial charge in [-0.3, -0.25) is 4.79 Å². The minimum Gasteiger partial charge on any atom is -0.496 e. The van der Waals surface area contributed by atoms with E-state index in [4.69, 9.17) is 25.8 Å². The first-order chi connectivity index (χ1) is 12.5. The Bertz CT molecular complexity index is 856. The first kappa shape index (κ1) is 19.1. The molecule has 0 N–H and O–H groups in total. The van der Waals surface area contributed by atoms with Gasteiger partial charge in [0.05, 0.1) is 31.9 Å². The van der Waals surface area contributed by atoms with Crippen LogP contribution in [0.1, 0.15) is 21.5 Å². The highest BCUT2D eigenvalue weighted by molar-refractivity contribution is 14.1. The molecule has 0 atom stereocenters. The molecule has 0 bridgehead atoms. The first-order valence-electron chi connectivity index (χ1n) is 8.04. The maximum absolute atomic E-state index is 13.1. The second kappa shape index (κ2) is 7.92. The van der Waals surface area contributed by atoms with E-state index in [1.165, 1.54) is 5.56 Å². The Morgan fingerprint density at radius 2 is 1.62 bits per heavy atom. The fourth-order valence-electron chi connectivity index (χ4n) is 3.09. The van der Waals surface area contributed by atoms with Crippen LogP contribution in [-0.4, -0.2) is 38.7 Å². The van der Waals surface area contributed by atoms with Gasteiger partial charge in [-0.05, 0) is 64.4 Å². The molecule has 7 heteroatoms. The normalized spacial score (nSPS) is 13.2. The van der Waals surface area contributed by atoms with Gasteiger partial charge in [-0.1, -0.05) is 11.6 Å². The Kier molecular flexibility index (Phi) is 5.82. The Morgan fingerprint density at radius 3 is 2.23 bits per heavy atom. The zero-order valence-corrected chi connectivity index (χ0v) is 17.7. The molecule has 0 saturated heterocycles. The molecule has 0 spiro atoms. The lowest BCUT2D eigenvalue weighted by Crippen LogP contribution is -2.36. The molecule has 0 radical (unpaired) electrons. The van der Waals surface area contributed by atoms with E-state index in [-0.39, 0.29) is 5.91 Å². The molecule has 0 fully saturated rings. The van der Waals surface area contributed by atoms with Crippen molar-refractivity contribution in [3.05, 3.63) is 49.5 Å². The van der Waals surface area contributed by atoms with Gasteiger partial charge in [-0.25, -0.2) is 0 Å². The summed E-state index contributed by atoms with van der Waals surface area (Å²) in [4.78, 5) is 14.9. The number of fused-ring (bicyclic) bond motifs is 1. The molecule has 26 heavy (non-hydrogen) atoms. The van der Waals surface area contributed by atoms with Crippen LogP contribution in [0.5, 0.6) is 17.2 Å². The van der Waals surface area contributed by atoms with Crippen molar-refractivity contribution in [2.45, 2.75) is 13.0 Å². The first-order valence-corrected chi connectivity index (χ1v) is 9.50. The molecule has 2 aromatic carbocycles. The van der Waals surface area contributed by atoms with Crippen molar-refractivity contribution in [1.29, 1.82) is 0 Å². The molecule has 0 saturated carbocycles. The van der Waals surface area contributed by atoms with E-state index >= 15 is 0 Å². The number of halogens is 2. The summed E-state index contributed by atoms with van der Waals surface area (Å²) in [6, 6.07) is 7.38. The van der Waals surface area contributed by atoms with Crippen LogP contribution in [0.3, 0.4) is 0 Å². The second-order valence-corrected chi connectivity index (χ2v) is 7.49. The molecular weight excluding hydrogens is 469 g/mol. The summed E-state index contributed by atoms with van der Waals surface area (Å²) < 4.78 is 17.0. The quantitative estimate of drug-likeness (QED) is 0.608. The predicted octanol–water partition coefficient (Wildman–Crippen LogP) is 4.17. The van der Waals surface area contributed by atoms with E-state index in [0.717, 1.165) is 15.6 Å². The van der Waals surface area contributed by atoms with E-state index in [9.17, 15) is 4.79 Å². The SMILES string of the molecule is COc1cc2c(cc1OC)CN(C(=O)c1cc(Cl)c(I)cc1OC)CC2. The average molecular weight is 488 g/mol. The van der Waals surface area contributed by atoms with Crippen molar-refractivity contribution in [3.63, 3.8) is 0 Å². The number of benzene rings is 2. The summed E-state index contributed by atoms with van der Waals surface area (Å²) in [5, 5.41) is 0.540. The smallest absolute Gasteiger partial charge is 0.257 e. The van der Waals surface area contributed by atoms with E-state index in [1.807, 2.05) is 12.1 Å². The lowest BCUT2D eigenvalue weighted by Gasteiger charge is -2.30. The molecule has 138 valence electrons. The van der Waals surface area contributed by atoms with Crippen molar-refractivity contribution in [2.24, 2.45) is 0 Å². The van der Waals surface area contributed by atoms with E-state index < -0.39 is 0 Å². The summed E-state index contributed by atoms with van der Waals surface area (Å²) in [6.07, 6.45) is 0.752. The third kappa shape index (κ3) is 3.57. The van der Waals surface area contributed by atoms with Crippen LogP contribution >= 0.6 is 34.2 Å². The molecule has 0 aliphatic carbocycles. The standard InChI is InChI=1S/C19H19ClINO4/c1-24-16-9-15(21)14(20)8-13(16)19(23)22-5-4-11-6-17(25-2)18(26-3)7-12(11)10-22/h6-9H,4-5,10H2,1-3H3. The molecule has 0 aromatic heterocycles. The van der Waals surface area contributed by atoms with Gasteiger partial charge in [0.1, 0.15) is 5.75 Å². The molecule has 0 unspecified atom stereocenters. The zero-order chi connectivity index (χ0) is 18.8. The largest absolute Gasteiger partial charge is 0.496 e. The van der Waals surface area contributed by atoms with E-state index in [2.05, 4.69) is 22.6 Å². The Hall–Kier alpha value is -1.67. The van der Waals surface area contributed by atoms with Crippen LogP contribution in [0, 0.1) is 3.57 Å². The Labute approximate surface area is 171 Å². The minimum atomic E-state index is -0.0967. The number of carbonyl (C=O) groups excluding carboxylic acids is 1. The van der Waals surface area contributed by atoms with Crippen LogP contribution < -0.4 is 14.2 Å². The summed E-state index contributed by atoms with van der Waals surface area (Å²) in [5.41, 5.74) is 2.69. The van der Waals surface area contributed by atoms with Crippen molar-refractivity contribution in [3.8, 4) is 17.2 Å². The number of rotatable bonds is 4. The number of ether oxygens (including phenoxy) is 3. The number of methoxy groups -OCH3 is 3. The average Bonchev–Trinajstić information content (AvgIpc) is 2.67. The molecule has 1 aliphatic rings. The summed E-state index contributed by atoms with van der Waals surface area (Å²) >= 11 is 8.34. The molecule has 1 heterocycles. The van der Waals surface area contributed by atoms with Crippen LogP contribution in [0.15, 0.2) is 24.3 Å². The van der Waals surface area contributed by atoms with Gasteiger partial charge < -0.3 is 19.1 Å². The molecule has 2 aromatic rings. The van der Waals surface area contributed by atoms with E-state index in [0.29, 0.717) is 40.9 Å². The number of nitrogens with zero attached hydrogens (tertiary/aromatic N) is 1. The minimum absolute atomic E-state index is 0.0967. The van der Waals surface area contributed by atoms with Crippen molar-refractivity contribution in [2.75, 3.05) is 27.9 Å². The molecular formula is C19H19ClINO4. The maximum Gasteiger partial charge on any atom is 0.257 e. The van der Waals surface area contributed by atoms with Gasteiger partial charge in [0.2, 0.25) is 0 Å². The highest BCUT2D eigenvalue weighted by atomic mass is 127. The lowest BCUT2D eigenvalue weighted by atomic mass is 9.98. The molecule has 1 aliphatic heterocycles. The van der Waals surface area contributed by atoms with Crippen LogP contribution in [-0.2, 0) is 13.0 Å². The summed E-state index contributed by atoms with van der Waals surface area (Å²) in [6.45, 7) is 1.12. The summed E-state index contributed by atoms with van der Waals surface area (Å²) in [5.74, 6) is 1.80. The maximum atomic E-state index is 13.1. The van der Waals surface area contributed by atoms with Crippen molar-refractivity contribution < 1.29 is 19.0 Å². The summed E-state index contributed by atoms with van der Waals surface area (Å²) in [7, 11) is 4.78. The molecule has 3 rings (SSSR count). The third-order valence-electron chi connectivity index (χ3n) is 4.48. The number of hydrogen-bond acceptors (Lipinski definition) is 4. The predicted molar refractivity (Wildman–Crippen MR) is 109 cm³/mol. The monoisotopic (exact) mass is 487 g/mol. The number of hydrogen-bond donors (Lipinski definition) is 0. The van der Waals surface area contributed by atoms with Gasteiger partial charge >= 0.3 is 0 Å². The van der Waals surface area contributed by atoms with Crippen LogP contribution in [0.2, 0.25) is 5.02 Å². The fraction of sp³-hybridized carbons (Fsp3) is 0.316. The van der Waals surface area contributed by atoms with E-state index in [1.54, 1.807) is 38.4 Å². The number of amides is 1. The van der Waals surface area contributed by atoms with Crippen LogP contribution in [0.25, 0.3) is 0 Å².